The van der Waals surface area contributed by atoms with Gasteiger partial charge in [0.2, 0.25) is 0 Å². The second-order valence-corrected chi connectivity index (χ2v) is 8.60. The number of hydrogen-bond acceptors (Lipinski definition) is 7. The third-order valence-electron chi connectivity index (χ3n) is 3.97. The topological polar surface area (TPSA) is 65.7 Å². The molecular weight excluding hydrogens is 449 g/mol. The minimum Gasteiger partial charge on any atom is -0.494 e. The first kappa shape index (κ1) is 20.2. The molecule has 0 spiro atoms. The average molecular weight is 464 g/mol. The molecule has 0 saturated carbocycles. The van der Waals surface area contributed by atoms with Crippen molar-refractivity contribution in [3.8, 4) is 22.8 Å². The molecule has 0 unspecified atom stereocenters. The Morgan fingerprint density at radius 1 is 1.07 bits per heavy atom. The molecule has 0 bridgehead atoms. The molecule has 0 saturated heterocycles. The molecule has 0 atom stereocenters. The first-order chi connectivity index (χ1) is 14.2. The monoisotopic (exact) mass is 463 g/mol. The molecule has 2 heterocycles. The van der Waals surface area contributed by atoms with Gasteiger partial charge in [0.1, 0.15) is 15.8 Å². The molecule has 0 fully saturated rings. The molecule has 0 aliphatic heterocycles. The smallest absolute Gasteiger partial charge is 0.196 e. The summed E-state index contributed by atoms with van der Waals surface area (Å²) in [6, 6.07) is 15.3. The Morgan fingerprint density at radius 2 is 1.90 bits per heavy atom. The Hall–Kier alpha value is -2.13. The van der Waals surface area contributed by atoms with Gasteiger partial charge in [-0.05, 0) is 43.3 Å². The lowest BCUT2D eigenvalue weighted by molar-refractivity contribution is 0.340. The van der Waals surface area contributed by atoms with E-state index in [1.807, 2.05) is 60.0 Å². The van der Waals surface area contributed by atoms with E-state index >= 15 is 0 Å². The van der Waals surface area contributed by atoms with Crippen molar-refractivity contribution in [3.63, 3.8) is 0 Å². The number of thioether (sulfide) groups is 1. The molecule has 0 radical (unpaired) electrons. The van der Waals surface area contributed by atoms with Crippen molar-refractivity contribution in [1.82, 2.24) is 24.4 Å². The second-order valence-electron chi connectivity index (χ2n) is 5.86. The van der Waals surface area contributed by atoms with Crippen LogP contribution in [0, 0.1) is 0 Å². The summed E-state index contributed by atoms with van der Waals surface area (Å²) in [7, 11) is 0. The molecule has 0 amide bonds. The summed E-state index contributed by atoms with van der Waals surface area (Å²) in [5.74, 6) is 2.05. The Bertz CT molecular complexity index is 1110. The van der Waals surface area contributed by atoms with Crippen LogP contribution in [0.4, 0.5) is 0 Å². The predicted molar refractivity (Wildman–Crippen MR) is 117 cm³/mol. The molecule has 10 heteroatoms. The van der Waals surface area contributed by atoms with Crippen LogP contribution in [0.5, 0.6) is 5.75 Å². The van der Waals surface area contributed by atoms with Crippen LogP contribution in [0.2, 0.25) is 9.36 Å². The van der Waals surface area contributed by atoms with Crippen LogP contribution in [-0.4, -0.2) is 31.0 Å². The average Bonchev–Trinajstić information content (AvgIpc) is 3.33. The van der Waals surface area contributed by atoms with Gasteiger partial charge in [0.25, 0.3) is 0 Å². The molecule has 0 aliphatic carbocycles. The molecule has 4 aromatic rings. The van der Waals surface area contributed by atoms with Crippen LogP contribution >= 0.6 is 46.5 Å². The molecule has 4 rings (SSSR count). The number of rotatable bonds is 7. The van der Waals surface area contributed by atoms with Crippen LogP contribution in [-0.2, 0) is 5.75 Å². The standard InChI is InChI=1S/C19H15Cl2N5OS2/c1-2-27-15-8-6-14(7-9-15)26-18(12-4-3-5-13(20)10-12)23-24-19(26)28-11-16-17(21)29-25-22-16/h3-10H,2,11H2,1H3. The highest BCUT2D eigenvalue weighted by molar-refractivity contribution is 7.98. The molecule has 6 nitrogen and oxygen atoms in total. The maximum Gasteiger partial charge on any atom is 0.196 e. The number of halogens is 2. The summed E-state index contributed by atoms with van der Waals surface area (Å²) in [5.41, 5.74) is 2.52. The zero-order valence-corrected chi connectivity index (χ0v) is 18.4. The van der Waals surface area contributed by atoms with Gasteiger partial charge in [0.15, 0.2) is 11.0 Å². The maximum atomic E-state index is 6.19. The van der Waals surface area contributed by atoms with E-state index in [1.54, 1.807) is 0 Å². The van der Waals surface area contributed by atoms with Gasteiger partial charge in [0, 0.05) is 33.6 Å². The molecule has 0 N–H and O–H groups in total. The molecule has 0 aliphatic rings. The van der Waals surface area contributed by atoms with Crippen LogP contribution in [0.3, 0.4) is 0 Å². The quantitative estimate of drug-likeness (QED) is 0.323. The van der Waals surface area contributed by atoms with Crippen LogP contribution in [0.1, 0.15) is 12.6 Å². The lowest BCUT2D eigenvalue weighted by atomic mass is 10.2. The Balaban J connectivity index is 1.74. The fourth-order valence-electron chi connectivity index (χ4n) is 2.68. The number of aromatic nitrogens is 5. The van der Waals surface area contributed by atoms with Gasteiger partial charge < -0.3 is 4.74 Å². The summed E-state index contributed by atoms with van der Waals surface area (Å²) in [5, 5.41) is 14.2. The van der Waals surface area contributed by atoms with Crippen LogP contribution in [0.15, 0.2) is 53.7 Å². The van der Waals surface area contributed by atoms with Gasteiger partial charge >= 0.3 is 0 Å². The summed E-state index contributed by atoms with van der Waals surface area (Å²) in [6.07, 6.45) is 0. The lowest BCUT2D eigenvalue weighted by Crippen LogP contribution is -2.00. The zero-order chi connectivity index (χ0) is 20.2. The fourth-order valence-corrected chi connectivity index (χ4v) is 4.56. The lowest BCUT2D eigenvalue weighted by Gasteiger charge is -2.11. The van der Waals surface area contributed by atoms with E-state index in [0.717, 1.165) is 22.7 Å². The minimum atomic E-state index is 0.542. The zero-order valence-electron chi connectivity index (χ0n) is 15.2. The summed E-state index contributed by atoms with van der Waals surface area (Å²) in [4.78, 5) is 0. The summed E-state index contributed by atoms with van der Waals surface area (Å²) < 4.78 is 12.0. The first-order valence-corrected chi connectivity index (χ1v) is 11.2. The van der Waals surface area contributed by atoms with E-state index in [0.29, 0.717) is 32.7 Å². The Morgan fingerprint density at radius 3 is 2.59 bits per heavy atom. The summed E-state index contributed by atoms with van der Waals surface area (Å²) in [6.45, 7) is 2.57. The van der Waals surface area contributed by atoms with Gasteiger partial charge in [-0.3, -0.25) is 4.57 Å². The van der Waals surface area contributed by atoms with E-state index < -0.39 is 0 Å². The highest BCUT2D eigenvalue weighted by Gasteiger charge is 2.18. The second kappa shape index (κ2) is 9.13. The van der Waals surface area contributed by atoms with Crippen molar-refractivity contribution in [1.29, 1.82) is 0 Å². The molecule has 2 aromatic carbocycles. The maximum absolute atomic E-state index is 6.19. The first-order valence-electron chi connectivity index (χ1n) is 8.70. The van der Waals surface area contributed by atoms with Crippen molar-refractivity contribution in [2.75, 3.05) is 6.61 Å². The van der Waals surface area contributed by atoms with E-state index in [2.05, 4.69) is 19.8 Å². The summed E-state index contributed by atoms with van der Waals surface area (Å²) >= 11 is 15.0. The highest BCUT2D eigenvalue weighted by Crippen LogP contribution is 2.32. The van der Waals surface area contributed by atoms with Gasteiger partial charge in [0.05, 0.1) is 6.61 Å². The van der Waals surface area contributed by atoms with Gasteiger partial charge in [-0.25, -0.2) is 0 Å². The molecule has 29 heavy (non-hydrogen) atoms. The number of hydrogen-bond donors (Lipinski definition) is 0. The third kappa shape index (κ3) is 4.56. The van der Waals surface area contributed by atoms with Crippen molar-refractivity contribution < 1.29 is 4.74 Å². The number of nitrogens with zero attached hydrogens (tertiary/aromatic N) is 5. The third-order valence-corrected chi connectivity index (χ3v) is 6.13. The van der Waals surface area contributed by atoms with Gasteiger partial charge in [-0.2, -0.15) is 0 Å². The van der Waals surface area contributed by atoms with Crippen LogP contribution < -0.4 is 4.74 Å². The normalized spacial score (nSPS) is 11.0. The SMILES string of the molecule is CCOc1ccc(-n2c(SCc3nnsc3Cl)nnc2-c2cccc(Cl)c2)cc1. The number of ether oxygens (including phenoxy) is 1. The molecular formula is C19H15Cl2N5OS2. The molecule has 2 aromatic heterocycles. The van der Waals surface area contributed by atoms with Crippen molar-refractivity contribution in [2.45, 2.75) is 17.8 Å². The highest BCUT2D eigenvalue weighted by atomic mass is 35.5. The largest absolute Gasteiger partial charge is 0.494 e. The number of benzene rings is 2. The van der Waals surface area contributed by atoms with Crippen molar-refractivity contribution >= 4 is 46.5 Å². The Kier molecular flexibility index (Phi) is 6.34. The van der Waals surface area contributed by atoms with Gasteiger partial charge in [-0.1, -0.05) is 51.6 Å². The van der Waals surface area contributed by atoms with E-state index in [9.17, 15) is 0 Å². The Labute approximate surface area is 186 Å². The predicted octanol–water partition coefficient (Wildman–Crippen LogP) is 5.78. The van der Waals surface area contributed by atoms with Crippen LogP contribution in [0.25, 0.3) is 17.1 Å². The van der Waals surface area contributed by atoms with E-state index in [1.165, 1.54) is 23.3 Å². The van der Waals surface area contributed by atoms with E-state index in [-0.39, 0.29) is 0 Å². The van der Waals surface area contributed by atoms with Gasteiger partial charge in [-0.15, -0.1) is 15.3 Å². The van der Waals surface area contributed by atoms with Crippen molar-refractivity contribution in [3.05, 3.63) is 63.6 Å². The fraction of sp³-hybridized carbons (Fsp3) is 0.158. The molecule has 148 valence electrons. The van der Waals surface area contributed by atoms with Crippen molar-refractivity contribution in [2.24, 2.45) is 0 Å². The van der Waals surface area contributed by atoms with E-state index in [4.69, 9.17) is 27.9 Å². The minimum absolute atomic E-state index is 0.542.